The zero-order chi connectivity index (χ0) is 17.1. The van der Waals surface area contributed by atoms with E-state index in [2.05, 4.69) is 15.5 Å². The predicted molar refractivity (Wildman–Crippen MR) is 95.7 cm³/mol. The smallest absolute Gasteiger partial charge is 0.270 e. The van der Waals surface area contributed by atoms with Crippen molar-refractivity contribution >= 4 is 39.6 Å². The highest BCUT2D eigenvalue weighted by Gasteiger charge is 2.08. The summed E-state index contributed by atoms with van der Waals surface area (Å²) in [7, 11) is 0. The molecular weight excluding hydrogens is 328 g/mol. The number of hydrogen-bond acceptors (Lipinski definition) is 5. The molecule has 0 bridgehead atoms. The third-order valence-electron chi connectivity index (χ3n) is 3.52. The van der Waals surface area contributed by atoms with Crippen molar-refractivity contribution in [1.82, 2.24) is 4.98 Å². The number of nitro groups is 1. The molecule has 0 saturated heterocycles. The van der Waals surface area contributed by atoms with Crippen LogP contribution in [0.15, 0.2) is 59.8 Å². The van der Waals surface area contributed by atoms with Crippen LogP contribution in [-0.2, 0) is 0 Å². The molecule has 6 nitrogen and oxygen atoms in total. The van der Waals surface area contributed by atoms with E-state index in [1.165, 1.54) is 12.1 Å². The minimum atomic E-state index is -0.426. The van der Waals surface area contributed by atoms with Crippen LogP contribution in [0.2, 0.25) is 5.02 Å². The average molecular weight is 341 g/mol. The number of anilines is 1. The first-order valence-electron chi connectivity index (χ1n) is 7.14. The van der Waals surface area contributed by atoms with Gasteiger partial charge in [-0.05, 0) is 31.2 Å². The lowest BCUT2D eigenvalue weighted by Crippen LogP contribution is -2.01. The fraction of sp³-hybridized carbons (Fsp3) is 0.0588. The molecule has 1 heterocycles. The van der Waals surface area contributed by atoms with Crippen molar-refractivity contribution in [2.75, 3.05) is 5.43 Å². The van der Waals surface area contributed by atoms with Crippen molar-refractivity contribution in [2.24, 2.45) is 5.10 Å². The monoisotopic (exact) mass is 340 g/mol. The molecule has 0 aliphatic rings. The van der Waals surface area contributed by atoms with Gasteiger partial charge in [0, 0.05) is 34.3 Å². The van der Waals surface area contributed by atoms with Gasteiger partial charge < -0.3 is 0 Å². The number of hydrazone groups is 1. The van der Waals surface area contributed by atoms with E-state index in [9.17, 15) is 10.1 Å². The molecule has 2 aromatic carbocycles. The Morgan fingerprint density at radius 1 is 1.25 bits per heavy atom. The Morgan fingerprint density at radius 3 is 2.88 bits per heavy atom. The number of pyridine rings is 1. The third-order valence-corrected chi connectivity index (χ3v) is 3.76. The molecule has 0 fully saturated rings. The van der Waals surface area contributed by atoms with Crippen molar-refractivity contribution in [2.45, 2.75) is 6.92 Å². The first kappa shape index (κ1) is 15.9. The number of nitro benzene ring substituents is 1. The molecule has 0 aliphatic heterocycles. The second kappa shape index (κ2) is 6.64. The number of hydrogen-bond donors (Lipinski definition) is 1. The summed E-state index contributed by atoms with van der Waals surface area (Å²) in [5, 5.41) is 16.7. The van der Waals surface area contributed by atoms with E-state index in [-0.39, 0.29) is 5.69 Å². The molecule has 0 amide bonds. The van der Waals surface area contributed by atoms with Crippen molar-refractivity contribution in [3.8, 4) is 0 Å². The molecular formula is C17H13ClN4O2. The molecule has 3 aromatic rings. The normalized spacial score (nSPS) is 11.5. The molecule has 3 rings (SSSR count). The Hall–Kier alpha value is -2.99. The molecule has 0 radical (unpaired) electrons. The van der Waals surface area contributed by atoms with Crippen LogP contribution in [-0.4, -0.2) is 15.6 Å². The molecule has 0 unspecified atom stereocenters. The van der Waals surface area contributed by atoms with Gasteiger partial charge in [-0.2, -0.15) is 5.10 Å². The number of rotatable bonds is 4. The molecule has 7 heteroatoms. The minimum absolute atomic E-state index is 0.0334. The van der Waals surface area contributed by atoms with Crippen molar-refractivity contribution in [3.05, 3.63) is 75.4 Å². The highest BCUT2D eigenvalue weighted by molar-refractivity contribution is 6.31. The zero-order valence-corrected chi connectivity index (χ0v) is 13.5. The Kier molecular flexibility index (Phi) is 4.39. The van der Waals surface area contributed by atoms with Crippen LogP contribution in [0.3, 0.4) is 0 Å². The van der Waals surface area contributed by atoms with E-state index in [0.717, 1.165) is 16.6 Å². The Morgan fingerprint density at radius 2 is 2.08 bits per heavy atom. The predicted octanol–water partition coefficient (Wildman–Crippen LogP) is 4.63. The number of non-ortho nitro benzene ring substituents is 1. The molecule has 120 valence electrons. The van der Waals surface area contributed by atoms with E-state index >= 15 is 0 Å². The van der Waals surface area contributed by atoms with Gasteiger partial charge in [-0.1, -0.05) is 23.7 Å². The van der Waals surface area contributed by atoms with E-state index < -0.39 is 4.92 Å². The van der Waals surface area contributed by atoms with Gasteiger partial charge >= 0.3 is 0 Å². The van der Waals surface area contributed by atoms with E-state index in [0.29, 0.717) is 16.3 Å². The second-order valence-corrected chi connectivity index (χ2v) is 5.57. The summed E-state index contributed by atoms with van der Waals surface area (Å²) < 4.78 is 0. The number of aromatic nitrogens is 1. The Labute approximate surface area is 142 Å². The number of nitrogens with one attached hydrogen (secondary N) is 1. The highest BCUT2D eigenvalue weighted by Crippen LogP contribution is 2.24. The summed E-state index contributed by atoms with van der Waals surface area (Å²) >= 11 is 5.98. The maximum absolute atomic E-state index is 10.9. The summed E-state index contributed by atoms with van der Waals surface area (Å²) in [4.78, 5) is 14.7. The molecule has 0 aliphatic carbocycles. The topological polar surface area (TPSA) is 80.4 Å². The summed E-state index contributed by atoms with van der Waals surface area (Å²) in [6.07, 6.45) is 1.67. The van der Waals surface area contributed by atoms with Crippen LogP contribution in [0, 0.1) is 10.1 Å². The van der Waals surface area contributed by atoms with Crippen LogP contribution in [0.1, 0.15) is 12.5 Å². The number of nitrogens with zero attached hydrogens (tertiary/aromatic N) is 3. The minimum Gasteiger partial charge on any atom is -0.277 e. The van der Waals surface area contributed by atoms with Gasteiger partial charge in [0.2, 0.25) is 0 Å². The van der Waals surface area contributed by atoms with Gasteiger partial charge in [-0.15, -0.1) is 0 Å². The van der Waals surface area contributed by atoms with Gasteiger partial charge in [0.05, 0.1) is 21.8 Å². The molecule has 1 N–H and O–H groups in total. The first-order chi connectivity index (χ1) is 11.5. The Bertz CT molecular complexity index is 956. The lowest BCUT2D eigenvalue weighted by atomic mass is 10.1. The number of benzene rings is 2. The largest absolute Gasteiger partial charge is 0.277 e. The fourth-order valence-electron chi connectivity index (χ4n) is 2.27. The van der Waals surface area contributed by atoms with E-state index in [1.54, 1.807) is 43.5 Å². The van der Waals surface area contributed by atoms with Crippen LogP contribution < -0.4 is 5.43 Å². The SMILES string of the molecule is C/C(=N/Nc1ccnc2cc(Cl)ccc12)c1cccc([N+](=O)[O-])c1. The molecule has 0 saturated carbocycles. The number of halogens is 1. The van der Waals surface area contributed by atoms with E-state index in [4.69, 9.17) is 11.6 Å². The van der Waals surface area contributed by atoms with Gasteiger partial charge in [0.1, 0.15) is 0 Å². The van der Waals surface area contributed by atoms with Crippen LogP contribution in [0.5, 0.6) is 0 Å². The fourth-order valence-corrected chi connectivity index (χ4v) is 2.44. The lowest BCUT2D eigenvalue weighted by Gasteiger charge is -2.07. The quantitative estimate of drug-likeness (QED) is 0.426. The van der Waals surface area contributed by atoms with E-state index in [1.807, 2.05) is 6.07 Å². The third kappa shape index (κ3) is 3.33. The summed E-state index contributed by atoms with van der Waals surface area (Å²) in [6, 6.07) is 13.6. The molecule has 0 atom stereocenters. The van der Waals surface area contributed by atoms with Gasteiger partial charge in [-0.3, -0.25) is 20.5 Å². The highest BCUT2D eigenvalue weighted by atomic mass is 35.5. The van der Waals surface area contributed by atoms with Gasteiger partial charge in [-0.25, -0.2) is 0 Å². The Balaban J connectivity index is 1.90. The summed E-state index contributed by atoms with van der Waals surface area (Å²) in [5.74, 6) is 0. The van der Waals surface area contributed by atoms with Crippen LogP contribution in [0.4, 0.5) is 11.4 Å². The molecule has 24 heavy (non-hydrogen) atoms. The maximum atomic E-state index is 10.9. The standard InChI is InChI=1S/C17H13ClN4O2/c1-11(12-3-2-4-14(9-12)22(23)24)20-21-16-7-8-19-17-10-13(18)5-6-15(16)17/h2-10H,1H3,(H,19,21)/b20-11-. The van der Waals surface area contributed by atoms with Crippen molar-refractivity contribution in [3.63, 3.8) is 0 Å². The maximum Gasteiger partial charge on any atom is 0.270 e. The second-order valence-electron chi connectivity index (χ2n) is 5.14. The first-order valence-corrected chi connectivity index (χ1v) is 7.52. The van der Waals surface area contributed by atoms with Gasteiger partial charge in [0.25, 0.3) is 5.69 Å². The van der Waals surface area contributed by atoms with Crippen molar-refractivity contribution in [1.29, 1.82) is 0 Å². The number of fused-ring (bicyclic) bond motifs is 1. The molecule has 1 aromatic heterocycles. The summed E-state index contributed by atoms with van der Waals surface area (Å²) in [6.45, 7) is 1.78. The molecule has 0 spiro atoms. The lowest BCUT2D eigenvalue weighted by molar-refractivity contribution is -0.384. The van der Waals surface area contributed by atoms with Crippen molar-refractivity contribution < 1.29 is 4.92 Å². The van der Waals surface area contributed by atoms with Crippen LogP contribution >= 0.6 is 11.6 Å². The van der Waals surface area contributed by atoms with Gasteiger partial charge in [0.15, 0.2) is 0 Å². The van der Waals surface area contributed by atoms with Crippen LogP contribution in [0.25, 0.3) is 10.9 Å². The zero-order valence-electron chi connectivity index (χ0n) is 12.7. The average Bonchev–Trinajstić information content (AvgIpc) is 2.59. The summed E-state index contributed by atoms with van der Waals surface area (Å²) in [5.41, 5.74) is 5.88.